The van der Waals surface area contributed by atoms with E-state index in [-0.39, 0.29) is 11.9 Å². The van der Waals surface area contributed by atoms with E-state index in [4.69, 9.17) is 9.47 Å². The number of carbonyl (C=O) groups excluding carboxylic acids is 1. The van der Waals surface area contributed by atoms with Crippen LogP contribution in [0.5, 0.6) is 11.5 Å². The fourth-order valence-corrected chi connectivity index (χ4v) is 3.84. The van der Waals surface area contributed by atoms with Crippen LogP contribution < -0.4 is 14.8 Å². The maximum absolute atomic E-state index is 13.4. The van der Waals surface area contributed by atoms with Crippen LogP contribution in [0.2, 0.25) is 0 Å². The molecule has 0 heterocycles. The van der Waals surface area contributed by atoms with Crippen molar-refractivity contribution in [3.05, 3.63) is 138 Å². The zero-order valence-electron chi connectivity index (χ0n) is 19.3. The Balaban J connectivity index is 1.69. The van der Waals surface area contributed by atoms with Crippen LogP contribution in [0.1, 0.15) is 28.3 Å². The van der Waals surface area contributed by atoms with E-state index < -0.39 is 0 Å². The summed E-state index contributed by atoms with van der Waals surface area (Å²) in [7, 11) is 3.28. The Morgan fingerprint density at radius 1 is 0.647 bits per heavy atom. The number of carbonyl (C=O) groups is 1. The van der Waals surface area contributed by atoms with Crippen LogP contribution in [0, 0.1) is 0 Å². The molecule has 0 spiro atoms. The van der Waals surface area contributed by atoms with Crippen molar-refractivity contribution < 1.29 is 14.3 Å². The molecule has 0 aliphatic heterocycles. The van der Waals surface area contributed by atoms with Gasteiger partial charge in [0, 0.05) is 6.08 Å². The van der Waals surface area contributed by atoms with Gasteiger partial charge in [-0.15, -0.1) is 0 Å². The molecule has 1 amide bonds. The lowest BCUT2D eigenvalue weighted by Gasteiger charge is -2.20. The van der Waals surface area contributed by atoms with Gasteiger partial charge in [0.1, 0.15) is 11.5 Å². The molecule has 170 valence electrons. The van der Waals surface area contributed by atoms with E-state index in [1.165, 1.54) is 0 Å². The van der Waals surface area contributed by atoms with Gasteiger partial charge in [-0.1, -0.05) is 84.9 Å². The van der Waals surface area contributed by atoms with Crippen LogP contribution in [-0.4, -0.2) is 20.1 Å². The fourth-order valence-electron chi connectivity index (χ4n) is 3.84. The van der Waals surface area contributed by atoms with Crippen molar-refractivity contribution in [3.8, 4) is 11.5 Å². The van der Waals surface area contributed by atoms with Crippen molar-refractivity contribution in [1.82, 2.24) is 5.32 Å². The molecule has 0 aliphatic carbocycles. The summed E-state index contributed by atoms with van der Waals surface area (Å²) >= 11 is 0. The standard InChI is InChI=1S/C30H27NO3/c1-33-26-17-13-23(14-18-26)28(22-9-5-3-6-10-22)21-29(32)31-30(24-11-7-4-8-12-24)25-15-19-27(34-2)20-16-25/h3-21,30H,1-2H3,(H,31,32)/b28-21-/t30-/m0/s1. The number of hydrogen-bond acceptors (Lipinski definition) is 3. The average Bonchev–Trinajstić information content (AvgIpc) is 2.91. The summed E-state index contributed by atoms with van der Waals surface area (Å²) in [6.07, 6.45) is 1.66. The number of rotatable bonds is 8. The molecule has 0 bridgehead atoms. The number of nitrogens with one attached hydrogen (secondary N) is 1. The average molecular weight is 450 g/mol. The Bertz CT molecular complexity index is 1230. The summed E-state index contributed by atoms with van der Waals surface area (Å²) < 4.78 is 10.6. The summed E-state index contributed by atoms with van der Waals surface area (Å²) in [5.74, 6) is 1.36. The Kier molecular flexibility index (Phi) is 7.41. The first kappa shape index (κ1) is 22.9. The second kappa shape index (κ2) is 11.0. The number of hydrogen-bond donors (Lipinski definition) is 1. The highest BCUT2D eigenvalue weighted by Gasteiger charge is 2.17. The Morgan fingerprint density at radius 2 is 1.12 bits per heavy atom. The molecule has 4 aromatic carbocycles. The quantitative estimate of drug-likeness (QED) is 0.334. The molecule has 4 rings (SSSR count). The van der Waals surface area contributed by atoms with Gasteiger partial charge in [0.2, 0.25) is 5.91 Å². The highest BCUT2D eigenvalue weighted by molar-refractivity contribution is 5.99. The third-order valence-corrected chi connectivity index (χ3v) is 5.63. The van der Waals surface area contributed by atoms with Crippen LogP contribution in [0.3, 0.4) is 0 Å². The molecular formula is C30H27NO3. The van der Waals surface area contributed by atoms with Crippen molar-refractivity contribution in [2.75, 3.05) is 14.2 Å². The highest BCUT2D eigenvalue weighted by atomic mass is 16.5. The predicted octanol–water partition coefficient (Wildman–Crippen LogP) is 6.04. The molecule has 4 nitrogen and oxygen atoms in total. The second-order valence-electron chi connectivity index (χ2n) is 7.78. The number of amides is 1. The van der Waals surface area contributed by atoms with E-state index in [2.05, 4.69) is 5.32 Å². The second-order valence-corrected chi connectivity index (χ2v) is 7.78. The van der Waals surface area contributed by atoms with E-state index in [1.54, 1.807) is 20.3 Å². The highest BCUT2D eigenvalue weighted by Crippen LogP contribution is 2.27. The summed E-state index contributed by atoms with van der Waals surface area (Å²) in [6.45, 7) is 0. The summed E-state index contributed by atoms with van der Waals surface area (Å²) in [5, 5.41) is 3.20. The molecule has 0 saturated carbocycles. The zero-order valence-corrected chi connectivity index (χ0v) is 19.3. The normalized spacial score (nSPS) is 12.0. The summed E-state index contributed by atoms with van der Waals surface area (Å²) in [5.41, 5.74) is 4.70. The smallest absolute Gasteiger partial charge is 0.245 e. The van der Waals surface area contributed by atoms with Crippen LogP contribution in [0.25, 0.3) is 5.57 Å². The Labute approximate surface area is 200 Å². The number of methoxy groups -OCH3 is 2. The minimum Gasteiger partial charge on any atom is -0.497 e. The number of benzene rings is 4. The van der Waals surface area contributed by atoms with Gasteiger partial charge < -0.3 is 14.8 Å². The molecule has 0 aliphatic rings. The zero-order chi connectivity index (χ0) is 23.8. The first-order valence-electron chi connectivity index (χ1n) is 11.1. The van der Waals surface area contributed by atoms with Crippen LogP contribution >= 0.6 is 0 Å². The van der Waals surface area contributed by atoms with Gasteiger partial charge in [0.15, 0.2) is 0 Å². The molecule has 0 fully saturated rings. The molecule has 34 heavy (non-hydrogen) atoms. The SMILES string of the molecule is COc1ccc(/C(=C\C(=O)N[C@@H](c2ccccc2)c2ccc(OC)cc2)c2ccccc2)cc1. The fraction of sp³-hybridized carbons (Fsp3) is 0.100. The molecule has 0 saturated heterocycles. The van der Waals surface area contributed by atoms with Gasteiger partial charge in [0.25, 0.3) is 0 Å². The van der Waals surface area contributed by atoms with Crippen molar-refractivity contribution in [2.45, 2.75) is 6.04 Å². The van der Waals surface area contributed by atoms with Crippen molar-refractivity contribution >= 4 is 11.5 Å². The first-order valence-corrected chi connectivity index (χ1v) is 11.1. The Morgan fingerprint density at radius 3 is 1.68 bits per heavy atom. The summed E-state index contributed by atoms with van der Waals surface area (Å²) in [6, 6.07) is 35.0. The Hall–Kier alpha value is -4.31. The maximum Gasteiger partial charge on any atom is 0.245 e. The molecular weight excluding hydrogens is 422 g/mol. The van der Waals surface area contributed by atoms with E-state index in [9.17, 15) is 4.79 Å². The lowest BCUT2D eigenvalue weighted by Crippen LogP contribution is -2.28. The van der Waals surface area contributed by atoms with Gasteiger partial charge >= 0.3 is 0 Å². The maximum atomic E-state index is 13.4. The summed E-state index contributed by atoms with van der Waals surface area (Å²) in [4.78, 5) is 13.4. The molecule has 0 radical (unpaired) electrons. The molecule has 0 unspecified atom stereocenters. The third-order valence-electron chi connectivity index (χ3n) is 5.63. The molecule has 1 atom stereocenters. The first-order chi connectivity index (χ1) is 16.7. The van der Waals surface area contributed by atoms with E-state index in [0.29, 0.717) is 0 Å². The van der Waals surface area contributed by atoms with E-state index in [1.807, 2.05) is 109 Å². The van der Waals surface area contributed by atoms with Crippen LogP contribution in [0.15, 0.2) is 115 Å². The molecule has 4 aromatic rings. The van der Waals surface area contributed by atoms with Crippen molar-refractivity contribution in [1.29, 1.82) is 0 Å². The lowest BCUT2D eigenvalue weighted by molar-refractivity contribution is -0.116. The van der Waals surface area contributed by atoms with Crippen LogP contribution in [0.4, 0.5) is 0 Å². The number of ether oxygens (including phenoxy) is 2. The molecule has 4 heteroatoms. The lowest BCUT2D eigenvalue weighted by atomic mass is 9.96. The van der Waals surface area contributed by atoms with Gasteiger partial charge in [0.05, 0.1) is 20.3 Å². The van der Waals surface area contributed by atoms with Gasteiger partial charge in [-0.3, -0.25) is 4.79 Å². The topological polar surface area (TPSA) is 47.6 Å². The van der Waals surface area contributed by atoms with E-state index in [0.717, 1.165) is 39.3 Å². The predicted molar refractivity (Wildman–Crippen MR) is 136 cm³/mol. The van der Waals surface area contributed by atoms with E-state index >= 15 is 0 Å². The molecule has 1 N–H and O–H groups in total. The minimum absolute atomic E-state index is 0.181. The van der Waals surface area contributed by atoms with Gasteiger partial charge in [-0.25, -0.2) is 0 Å². The van der Waals surface area contributed by atoms with Gasteiger partial charge in [-0.05, 0) is 52.1 Å². The van der Waals surface area contributed by atoms with Gasteiger partial charge in [-0.2, -0.15) is 0 Å². The minimum atomic E-state index is -0.302. The van der Waals surface area contributed by atoms with Crippen LogP contribution in [-0.2, 0) is 4.79 Å². The largest absolute Gasteiger partial charge is 0.497 e. The van der Waals surface area contributed by atoms with Crippen molar-refractivity contribution in [3.63, 3.8) is 0 Å². The molecule has 0 aromatic heterocycles. The third kappa shape index (κ3) is 5.54. The monoisotopic (exact) mass is 449 g/mol. The van der Waals surface area contributed by atoms with Crippen molar-refractivity contribution in [2.24, 2.45) is 0 Å².